The molecule has 0 spiro atoms. The molecule has 0 saturated carbocycles. The number of hydrogen-bond acceptors (Lipinski definition) is 5. The summed E-state index contributed by atoms with van der Waals surface area (Å²) in [4.78, 5) is 4.38. The van der Waals surface area contributed by atoms with Gasteiger partial charge in [0.05, 0.1) is 6.20 Å². The highest BCUT2D eigenvalue weighted by Gasteiger charge is 2.05. The van der Waals surface area contributed by atoms with Crippen LogP contribution in [0.1, 0.15) is 5.56 Å². The summed E-state index contributed by atoms with van der Waals surface area (Å²) in [7, 11) is 0. The molecule has 23 heavy (non-hydrogen) atoms. The number of hydrogen-bond donors (Lipinski definition) is 2. The van der Waals surface area contributed by atoms with Crippen molar-refractivity contribution in [2.24, 2.45) is 0 Å². The molecule has 116 valence electrons. The van der Waals surface area contributed by atoms with Crippen LogP contribution in [0.25, 0.3) is 0 Å². The van der Waals surface area contributed by atoms with E-state index < -0.39 is 0 Å². The highest BCUT2D eigenvalue weighted by molar-refractivity contribution is 6.31. The molecule has 0 aliphatic rings. The van der Waals surface area contributed by atoms with Crippen molar-refractivity contribution in [1.82, 2.24) is 15.2 Å². The van der Waals surface area contributed by atoms with Gasteiger partial charge in [0.1, 0.15) is 0 Å². The van der Waals surface area contributed by atoms with Gasteiger partial charge >= 0.3 is 0 Å². The monoisotopic (exact) mass is 345 g/mol. The van der Waals surface area contributed by atoms with Crippen molar-refractivity contribution >= 4 is 46.3 Å². The minimum atomic E-state index is 0.386. The van der Waals surface area contributed by atoms with E-state index in [1.54, 1.807) is 18.3 Å². The Morgan fingerprint density at radius 2 is 1.74 bits per heavy atom. The summed E-state index contributed by atoms with van der Waals surface area (Å²) in [5.41, 5.74) is 2.64. The largest absolute Gasteiger partial charge is 0.339 e. The van der Waals surface area contributed by atoms with Crippen molar-refractivity contribution in [1.29, 1.82) is 0 Å². The zero-order chi connectivity index (χ0) is 16.2. The van der Waals surface area contributed by atoms with Crippen LogP contribution >= 0.6 is 23.2 Å². The molecule has 0 amide bonds. The SMILES string of the molecule is Cc1c(Cl)cccc1Nc1cnnc(Nc2ccc(Cl)cc2)n1. The van der Waals surface area contributed by atoms with Crippen LogP contribution in [0.4, 0.5) is 23.1 Å². The van der Waals surface area contributed by atoms with Crippen molar-refractivity contribution in [3.8, 4) is 0 Å². The maximum absolute atomic E-state index is 6.12. The summed E-state index contributed by atoms with van der Waals surface area (Å²) in [5.74, 6) is 0.957. The zero-order valence-corrected chi connectivity index (χ0v) is 13.7. The molecule has 0 aliphatic heterocycles. The first-order valence-electron chi connectivity index (χ1n) is 6.86. The van der Waals surface area contributed by atoms with Gasteiger partial charge in [-0.15, -0.1) is 5.10 Å². The van der Waals surface area contributed by atoms with E-state index in [2.05, 4.69) is 25.8 Å². The highest BCUT2D eigenvalue weighted by atomic mass is 35.5. The molecule has 5 nitrogen and oxygen atoms in total. The first-order chi connectivity index (χ1) is 11.1. The highest BCUT2D eigenvalue weighted by Crippen LogP contribution is 2.25. The fourth-order valence-corrected chi connectivity index (χ4v) is 2.26. The maximum Gasteiger partial charge on any atom is 0.249 e. The topological polar surface area (TPSA) is 62.7 Å². The van der Waals surface area contributed by atoms with E-state index in [9.17, 15) is 0 Å². The third-order valence-corrected chi connectivity index (χ3v) is 3.85. The average Bonchev–Trinajstić information content (AvgIpc) is 2.54. The van der Waals surface area contributed by atoms with Crippen LogP contribution in [0.15, 0.2) is 48.7 Å². The van der Waals surface area contributed by atoms with Crippen LogP contribution in [-0.2, 0) is 0 Å². The van der Waals surface area contributed by atoms with Gasteiger partial charge < -0.3 is 10.6 Å². The van der Waals surface area contributed by atoms with Gasteiger partial charge in [-0.25, -0.2) is 0 Å². The number of aromatic nitrogens is 3. The first kappa shape index (κ1) is 15.5. The second kappa shape index (κ2) is 6.81. The molecule has 0 fully saturated rings. The van der Waals surface area contributed by atoms with E-state index in [4.69, 9.17) is 23.2 Å². The maximum atomic E-state index is 6.12. The van der Waals surface area contributed by atoms with Gasteiger partial charge in [-0.1, -0.05) is 29.3 Å². The lowest BCUT2D eigenvalue weighted by atomic mass is 10.2. The van der Waals surface area contributed by atoms with E-state index in [1.165, 1.54) is 0 Å². The molecule has 0 saturated heterocycles. The van der Waals surface area contributed by atoms with Gasteiger partial charge in [-0.05, 0) is 48.9 Å². The van der Waals surface area contributed by atoms with Crippen LogP contribution in [0.2, 0.25) is 10.0 Å². The van der Waals surface area contributed by atoms with Gasteiger partial charge in [-0.2, -0.15) is 10.1 Å². The number of nitrogens with one attached hydrogen (secondary N) is 2. The van der Waals surface area contributed by atoms with E-state index >= 15 is 0 Å². The van der Waals surface area contributed by atoms with Crippen LogP contribution < -0.4 is 10.6 Å². The number of benzene rings is 2. The third-order valence-electron chi connectivity index (χ3n) is 3.19. The standard InChI is InChI=1S/C16H13Cl2N5/c1-10-13(18)3-2-4-14(10)21-15-9-19-23-16(22-15)20-12-7-5-11(17)6-8-12/h2-9H,1H3,(H2,20,21,22,23). The minimum Gasteiger partial charge on any atom is -0.339 e. The van der Waals surface area contributed by atoms with E-state index in [1.807, 2.05) is 37.3 Å². The lowest BCUT2D eigenvalue weighted by Crippen LogP contribution is -2.03. The molecule has 7 heteroatoms. The van der Waals surface area contributed by atoms with Crippen molar-refractivity contribution in [2.45, 2.75) is 6.92 Å². The number of rotatable bonds is 4. The van der Waals surface area contributed by atoms with E-state index in [0.29, 0.717) is 21.8 Å². The molecule has 3 aromatic rings. The van der Waals surface area contributed by atoms with Gasteiger partial charge in [-0.3, -0.25) is 0 Å². The smallest absolute Gasteiger partial charge is 0.249 e. The summed E-state index contributed by atoms with van der Waals surface area (Å²) in [5, 5.41) is 15.5. The summed E-state index contributed by atoms with van der Waals surface area (Å²) >= 11 is 12.0. The molecule has 2 aromatic carbocycles. The van der Waals surface area contributed by atoms with E-state index in [-0.39, 0.29) is 0 Å². The zero-order valence-electron chi connectivity index (χ0n) is 12.2. The fraction of sp³-hybridized carbons (Fsp3) is 0.0625. The van der Waals surface area contributed by atoms with Crippen molar-refractivity contribution in [3.63, 3.8) is 0 Å². The first-order valence-corrected chi connectivity index (χ1v) is 7.62. The van der Waals surface area contributed by atoms with Gasteiger partial charge in [0.15, 0.2) is 5.82 Å². The average molecular weight is 346 g/mol. The minimum absolute atomic E-state index is 0.386. The summed E-state index contributed by atoms with van der Waals surface area (Å²) < 4.78 is 0. The molecule has 0 atom stereocenters. The summed E-state index contributed by atoms with van der Waals surface area (Å²) in [6.45, 7) is 1.94. The van der Waals surface area contributed by atoms with Gasteiger partial charge in [0.25, 0.3) is 0 Å². The van der Waals surface area contributed by atoms with Gasteiger partial charge in [0, 0.05) is 21.4 Å². The molecule has 2 N–H and O–H groups in total. The molecule has 0 radical (unpaired) electrons. The molecule has 0 aliphatic carbocycles. The molecule has 0 bridgehead atoms. The second-order valence-electron chi connectivity index (χ2n) is 4.83. The van der Waals surface area contributed by atoms with Crippen LogP contribution in [-0.4, -0.2) is 15.2 Å². The van der Waals surface area contributed by atoms with Crippen LogP contribution in [0.5, 0.6) is 0 Å². The second-order valence-corrected chi connectivity index (χ2v) is 5.68. The Balaban J connectivity index is 1.79. The van der Waals surface area contributed by atoms with Crippen LogP contribution in [0.3, 0.4) is 0 Å². The Bertz CT molecular complexity index is 821. The molecule has 1 heterocycles. The van der Waals surface area contributed by atoms with E-state index in [0.717, 1.165) is 16.9 Å². The quantitative estimate of drug-likeness (QED) is 0.698. The summed E-state index contributed by atoms with van der Waals surface area (Å²) in [6.07, 6.45) is 1.55. The predicted octanol–water partition coefficient (Wildman–Crippen LogP) is 4.97. The third kappa shape index (κ3) is 3.88. The number of anilines is 4. The van der Waals surface area contributed by atoms with Crippen molar-refractivity contribution < 1.29 is 0 Å². The normalized spacial score (nSPS) is 10.4. The molecule has 0 unspecified atom stereocenters. The van der Waals surface area contributed by atoms with Crippen LogP contribution in [0, 0.1) is 6.92 Å². The molecular formula is C16H13Cl2N5. The Morgan fingerprint density at radius 1 is 0.957 bits per heavy atom. The molecule has 3 rings (SSSR count). The Hall–Kier alpha value is -2.37. The Kier molecular flexibility index (Phi) is 4.60. The Morgan fingerprint density at radius 3 is 2.52 bits per heavy atom. The molecular weight excluding hydrogens is 333 g/mol. The fourth-order valence-electron chi connectivity index (χ4n) is 1.96. The number of halogens is 2. The molecule has 1 aromatic heterocycles. The summed E-state index contributed by atoms with van der Waals surface area (Å²) in [6, 6.07) is 12.9. The van der Waals surface area contributed by atoms with Crippen molar-refractivity contribution in [2.75, 3.05) is 10.6 Å². The van der Waals surface area contributed by atoms with Gasteiger partial charge in [0.2, 0.25) is 5.95 Å². The number of nitrogens with zero attached hydrogens (tertiary/aromatic N) is 3. The predicted molar refractivity (Wildman–Crippen MR) is 94.0 cm³/mol. The lowest BCUT2D eigenvalue weighted by Gasteiger charge is -2.10. The van der Waals surface area contributed by atoms with Crippen molar-refractivity contribution in [3.05, 3.63) is 64.3 Å². The Labute approximate surface area is 143 Å². The lowest BCUT2D eigenvalue weighted by molar-refractivity contribution is 0.982.